The molecule has 0 aromatic heterocycles. The van der Waals surface area contributed by atoms with Crippen LogP contribution in [0.1, 0.15) is 27.8 Å². The lowest BCUT2D eigenvalue weighted by Crippen LogP contribution is -2.28. The van der Waals surface area contributed by atoms with Crippen molar-refractivity contribution in [1.29, 1.82) is 0 Å². The van der Waals surface area contributed by atoms with Crippen molar-refractivity contribution in [3.05, 3.63) is 143 Å². The van der Waals surface area contributed by atoms with E-state index >= 15 is 0 Å². The molecule has 2 aliphatic carbocycles. The van der Waals surface area contributed by atoms with Crippen LogP contribution >= 0.6 is 0 Å². The van der Waals surface area contributed by atoms with Crippen molar-refractivity contribution in [2.24, 2.45) is 0 Å². The fraction of sp³-hybridized carbons (Fsp3) is 0.143. The Morgan fingerprint density at radius 2 is 0.946 bits per heavy atom. The monoisotopic (exact) mass is 478 g/mol. The highest BCUT2D eigenvalue weighted by atomic mass is 15.1. The van der Waals surface area contributed by atoms with Gasteiger partial charge in [-0.3, -0.25) is 0 Å². The predicted molar refractivity (Wildman–Crippen MR) is 156 cm³/mol. The maximum absolute atomic E-state index is 2.37. The smallest absolute Gasteiger partial charge is 0.0728 e. The van der Waals surface area contributed by atoms with Crippen LogP contribution in [0.4, 0.5) is 11.4 Å². The molecule has 0 unspecified atom stereocenters. The Labute approximate surface area is 219 Å². The van der Waals surface area contributed by atoms with Gasteiger partial charge in [0.1, 0.15) is 0 Å². The summed E-state index contributed by atoms with van der Waals surface area (Å²) in [5.41, 5.74) is 14.5. The number of nitrogens with zero attached hydrogens (tertiary/aromatic N) is 2. The van der Waals surface area contributed by atoms with Crippen LogP contribution in [0.15, 0.2) is 115 Å². The molecule has 0 aliphatic heterocycles. The molecule has 5 aromatic rings. The quantitative estimate of drug-likeness (QED) is 0.255. The second-order valence-electron chi connectivity index (χ2n) is 10.5. The Morgan fingerprint density at radius 3 is 1.49 bits per heavy atom. The molecule has 0 bridgehead atoms. The van der Waals surface area contributed by atoms with Gasteiger partial charge in [-0.25, -0.2) is 0 Å². The van der Waals surface area contributed by atoms with Crippen molar-refractivity contribution in [1.82, 2.24) is 0 Å². The molecule has 0 saturated carbocycles. The fourth-order valence-electron chi connectivity index (χ4n) is 6.73. The summed E-state index contributed by atoms with van der Waals surface area (Å²) in [4.78, 5) is 4.52. The minimum Gasteiger partial charge on any atom is -0.378 e. The van der Waals surface area contributed by atoms with Gasteiger partial charge >= 0.3 is 0 Å². The molecule has 0 radical (unpaired) electrons. The maximum Gasteiger partial charge on any atom is 0.0728 e. The van der Waals surface area contributed by atoms with Crippen LogP contribution in [-0.4, -0.2) is 21.1 Å². The molecule has 0 saturated heterocycles. The van der Waals surface area contributed by atoms with Crippen LogP contribution in [-0.2, 0) is 12.0 Å². The largest absolute Gasteiger partial charge is 0.378 e. The minimum atomic E-state index is -0.300. The third-order valence-corrected chi connectivity index (χ3v) is 8.31. The average Bonchev–Trinajstić information content (AvgIpc) is 3.41. The standard InChI is InChI=1S/C35H30N2/c1-36(2)25-19-21-26(22-20-25)37(3)23-24-11-10-15-30-29-14-6-9-18-33(29)35(34(24)30)31-16-7-4-12-27(31)28-13-5-8-17-32(28)35/h4-22H,23H2,1-3H3. The molecule has 0 N–H and O–H groups in total. The van der Waals surface area contributed by atoms with Gasteiger partial charge in [-0.2, -0.15) is 0 Å². The molecule has 7 rings (SSSR count). The van der Waals surface area contributed by atoms with Gasteiger partial charge in [0.25, 0.3) is 0 Å². The van der Waals surface area contributed by atoms with Crippen LogP contribution in [0.2, 0.25) is 0 Å². The third kappa shape index (κ3) is 2.99. The number of hydrogen-bond donors (Lipinski definition) is 0. The van der Waals surface area contributed by atoms with Gasteiger partial charge in [-0.15, -0.1) is 0 Å². The van der Waals surface area contributed by atoms with E-state index in [-0.39, 0.29) is 5.41 Å². The third-order valence-electron chi connectivity index (χ3n) is 8.31. The van der Waals surface area contributed by atoms with E-state index in [4.69, 9.17) is 0 Å². The predicted octanol–water partition coefficient (Wildman–Crippen LogP) is 7.73. The SMILES string of the molecule is CN(C)c1ccc(N(C)Cc2cccc3c2C2(c4ccccc4-c4ccccc42)c2ccccc2-3)cc1. The molecule has 0 amide bonds. The van der Waals surface area contributed by atoms with E-state index in [0.29, 0.717) is 0 Å². The molecule has 1 spiro atoms. The van der Waals surface area contributed by atoms with E-state index < -0.39 is 0 Å². The molecule has 0 fully saturated rings. The van der Waals surface area contributed by atoms with Gasteiger partial charge in [-0.1, -0.05) is 91.0 Å². The number of anilines is 2. The molecule has 180 valence electrons. The topological polar surface area (TPSA) is 6.48 Å². The van der Waals surface area contributed by atoms with Crippen molar-refractivity contribution in [2.75, 3.05) is 30.9 Å². The maximum atomic E-state index is 2.37. The summed E-state index contributed by atoms with van der Waals surface area (Å²) in [5, 5.41) is 0. The first-order chi connectivity index (χ1) is 18.1. The van der Waals surface area contributed by atoms with Gasteiger partial charge < -0.3 is 9.80 Å². The van der Waals surface area contributed by atoms with E-state index in [0.717, 1.165) is 6.54 Å². The Balaban J connectivity index is 1.46. The second kappa shape index (κ2) is 8.11. The Kier molecular flexibility index (Phi) is 4.81. The van der Waals surface area contributed by atoms with Crippen molar-refractivity contribution >= 4 is 11.4 Å². The number of rotatable bonds is 4. The highest BCUT2D eigenvalue weighted by Gasteiger charge is 2.52. The van der Waals surface area contributed by atoms with E-state index in [1.807, 2.05) is 0 Å². The van der Waals surface area contributed by atoms with Crippen LogP contribution in [0.5, 0.6) is 0 Å². The Morgan fingerprint density at radius 1 is 0.486 bits per heavy atom. The van der Waals surface area contributed by atoms with E-state index in [1.54, 1.807) is 0 Å². The van der Waals surface area contributed by atoms with Crippen LogP contribution in [0.25, 0.3) is 22.3 Å². The lowest BCUT2D eigenvalue weighted by Gasteiger charge is -2.33. The van der Waals surface area contributed by atoms with Crippen molar-refractivity contribution in [3.63, 3.8) is 0 Å². The minimum absolute atomic E-state index is 0.300. The first-order valence-corrected chi connectivity index (χ1v) is 13.0. The van der Waals surface area contributed by atoms with E-state index in [2.05, 4.69) is 146 Å². The zero-order valence-corrected chi connectivity index (χ0v) is 21.6. The summed E-state index contributed by atoms with van der Waals surface area (Å²) >= 11 is 0. The molecule has 2 aliphatic rings. The number of hydrogen-bond acceptors (Lipinski definition) is 2. The molecule has 37 heavy (non-hydrogen) atoms. The number of benzene rings is 5. The first-order valence-electron chi connectivity index (χ1n) is 13.0. The lowest BCUT2D eigenvalue weighted by molar-refractivity contribution is 0.769. The van der Waals surface area contributed by atoms with E-state index in [9.17, 15) is 0 Å². The van der Waals surface area contributed by atoms with E-state index in [1.165, 1.54) is 61.4 Å². The van der Waals surface area contributed by atoms with Gasteiger partial charge in [0.05, 0.1) is 5.41 Å². The van der Waals surface area contributed by atoms with Crippen molar-refractivity contribution in [2.45, 2.75) is 12.0 Å². The molecular weight excluding hydrogens is 448 g/mol. The van der Waals surface area contributed by atoms with Crippen molar-refractivity contribution in [3.8, 4) is 22.3 Å². The normalized spacial score (nSPS) is 13.6. The molecule has 5 aromatic carbocycles. The van der Waals surface area contributed by atoms with Gasteiger partial charge in [-0.05, 0) is 74.3 Å². The van der Waals surface area contributed by atoms with Gasteiger partial charge in [0.2, 0.25) is 0 Å². The summed E-state index contributed by atoms with van der Waals surface area (Å²) in [6, 6.07) is 42.8. The summed E-state index contributed by atoms with van der Waals surface area (Å²) in [7, 11) is 6.37. The summed E-state index contributed by atoms with van der Waals surface area (Å²) in [6.07, 6.45) is 0. The van der Waals surface area contributed by atoms with Gasteiger partial charge in [0.15, 0.2) is 0 Å². The van der Waals surface area contributed by atoms with Gasteiger partial charge in [0, 0.05) is 39.1 Å². The van der Waals surface area contributed by atoms with Crippen molar-refractivity contribution < 1.29 is 0 Å². The zero-order chi connectivity index (χ0) is 25.1. The zero-order valence-electron chi connectivity index (χ0n) is 21.6. The molecule has 0 heterocycles. The highest BCUT2D eigenvalue weighted by Crippen LogP contribution is 2.63. The lowest BCUT2D eigenvalue weighted by atomic mass is 9.69. The Hall–Kier alpha value is -4.30. The Bertz CT molecular complexity index is 1580. The molecule has 2 nitrogen and oxygen atoms in total. The number of fused-ring (bicyclic) bond motifs is 10. The van der Waals surface area contributed by atoms with Crippen LogP contribution < -0.4 is 9.80 Å². The first kappa shape index (κ1) is 21.9. The molecule has 0 atom stereocenters. The summed E-state index contributed by atoms with van der Waals surface area (Å²) in [5.74, 6) is 0. The van der Waals surface area contributed by atoms with Crippen LogP contribution in [0.3, 0.4) is 0 Å². The highest BCUT2D eigenvalue weighted by molar-refractivity contribution is 5.95. The summed E-state index contributed by atoms with van der Waals surface area (Å²) < 4.78 is 0. The molecular formula is C35H30N2. The average molecular weight is 479 g/mol. The molecule has 2 heteroatoms. The van der Waals surface area contributed by atoms with Crippen LogP contribution in [0, 0.1) is 0 Å². The fourth-order valence-corrected chi connectivity index (χ4v) is 6.73. The summed E-state index contributed by atoms with van der Waals surface area (Å²) in [6.45, 7) is 0.838. The second-order valence-corrected chi connectivity index (χ2v) is 10.5.